The van der Waals surface area contributed by atoms with Crippen LogP contribution in [0.1, 0.15) is 39.7 Å². The van der Waals surface area contributed by atoms with Gasteiger partial charge in [-0.1, -0.05) is 41.6 Å². The Morgan fingerprint density at radius 2 is 1.88 bits per heavy atom. The summed E-state index contributed by atoms with van der Waals surface area (Å²) in [5.74, 6) is -0.952. The molecule has 0 spiro atoms. The summed E-state index contributed by atoms with van der Waals surface area (Å²) in [7, 11) is 0. The van der Waals surface area contributed by atoms with Gasteiger partial charge < -0.3 is 20.1 Å². The summed E-state index contributed by atoms with van der Waals surface area (Å²) < 4.78 is 43.7. The number of carbonyl (C=O) groups excluding carboxylic acids is 1. The maximum atomic E-state index is 13.1. The second-order valence-corrected chi connectivity index (χ2v) is 7.70. The molecule has 1 amide bonds. The molecule has 0 bridgehead atoms. The zero-order chi connectivity index (χ0) is 23.0. The molecule has 4 atom stereocenters. The Balaban J connectivity index is 1.61. The van der Waals surface area contributed by atoms with E-state index in [-0.39, 0.29) is 17.7 Å². The number of benzene rings is 1. The van der Waals surface area contributed by atoms with Crippen LogP contribution in [0.4, 0.5) is 13.2 Å². The Hall–Kier alpha value is -3.24. The van der Waals surface area contributed by atoms with Crippen molar-refractivity contribution in [2.75, 3.05) is 0 Å². The number of amides is 1. The second-order valence-electron chi connectivity index (χ2n) is 7.70. The number of alkyl halides is 3. The van der Waals surface area contributed by atoms with Gasteiger partial charge in [-0.05, 0) is 25.0 Å². The van der Waals surface area contributed by atoms with Crippen LogP contribution in [0.15, 0.2) is 53.2 Å². The molecule has 32 heavy (non-hydrogen) atoms. The van der Waals surface area contributed by atoms with Crippen LogP contribution in [-0.2, 0) is 6.18 Å². The van der Waals surface area contributed by atoms with Crippen molar-refractivity contribution in [1.29, 1.82) is 0 Å². The number of pyridine rings is 1. The molecule has 0 saturated heterocycles. The summed E-state index contributed by atoms with van der Waals surface area (Å²) in [5.41, 5.74) is 0.471. The van der Waals surface area contributed by atoms with E-state index in [1.54, 1.807) is 31.2 Å². The summed E-state index contributed by atoms with van der Waals surface area (Å²) in [6.45, 7) is 1.57. The number of nitrogens with one attached hydrogen (secondary N) is 1. The van der Waals surface area contributed by atoms with Gasteiger partial charge in [-0.15, -0.1) is 0 Å². The summed E-state index contributed by atoms with van der Waals surface area (Å²) in [5, 5.41) is 27.3. The van der Waals surface area contributed by atoms with Gasteiger partial charge in [0, 0.05) is 17.7 Å². The highest BCUT2D eigenvalue weighted by Gasteiger charge is 2.44. The van der Waals surface area contributed by atoms with E-state index in [1.165, 1.54) is 6.07 Å². The van der Waals surface area contributed by atoms with Gasteiger partial charge >= 0.3 is 6.18 Å². The van der Waals surface area contributed by atoms with E-state index in [0.717, 1.165) is 12.3 Å². The fourth-order valence-corrected chi connectivity index (χ4v) is 4.00. The number of halogens is 3. The molecule has 4 rings (SSSR count). The molecule has 7 nitrogen and oxygen atoms in total. The Morgan fingerprint density at radius 3 is 2.50 bits per heavy atom. The van der Waals surface area contributed by atoms with Crippen LogP contribution in [0.3, 0.4) is 0 Å². The summed E-state index contributed by atoms with van der Waals surface area (Å²) in [4.78, 5) is 16.6. The minimum Gasteiger partial charge on any atom is -0.390 e. The molecule has 4 unspecified atom stereocenters. The van der Waals surface area contributed by atoms with Crippen molar-refractivity contribution in [3.05, 3.63) is 71.2 Å². The molecule has 0 radical (unpaired) electrons. The first-order valence-corrected chi connectivity index (χ1v) is 9.88. The lowest BCUT2D eigenvalue weighted by Gasteiger charge is -2.24. The van der Waals surface area contributed by atoms with Crippen LogP contribution < -0.4 is 5.32 Å². The van der Waals surface area contributed by atoms with E-state index in [0.29, 0.717) is 16.8 Å². The predicted molar refractivity (Wildman–Crippen MR) is 107 cm³/mol. The zero-order valence-corrected chi connectivity index (χ0v) is 16.9. The van der Waals surface area contributed by atoms with Crippen LogP contribution in [-0.4, -0.2) is 44.5 Å². The largest absolute Gasteiger partial charge is 0.433 e. The van der Waals surface area contributed by atoms with E-state index in [1.807, 2.05) is 6.07 Å². The van der Waals surface area contributed by atoms with E-state index in [9.17, 15) is 28.2 Å². The normalized spacial score (nSPS) is 23.3. The van der Waals surface area contributed by atoms with Crippen molar-refractivity contribution in [3.63, 3.8) is 0 Å². The molecule has 1 saturated carbocycles. The van der Waals surface area contributed by atoms with Crippen molar-refractivity contribution in [2.24, 2.45) is 0 Å². The SMILES string of the molecule is Cc1onc(-c2ccccc2)c1C(=O)NC1C(c2ccc(C(F)(F)F)nc2)CC(O)C1O. The molecule has 10 heteroatoms. The second kappa shape index (κ2) is 8.36. The number of aliphatic hydroxyl groups excluding tert-OH is 2. The van der Waals surface area contributed by atoms with Crippen molar-refractivity contribution < 1.29 is 32.7 Å². The van der Waals surface area contributed by atoms with Crippen molar-refractivity contribution >= 4 is 5.91 Å². The van der Waals surface area contributed by atoms with E-state index in [2.05, 4.69) is 15.5 Å². The Kier molecular flexibility index (Phi) is 5.74. The topological polar surface area (TPSA) is 108 Å². The average Bonchev–Trinajstić information content (AvgIpc) is 3.29. The van der Waals surface area contributed by atoms with E-state index in [4.69, 9.17) is 4.52 Å². The molecule has 168 valence electrons. The molecule has 1 fully saturated rings. The van der Waals surface area contributed by atoms with Crippen molar-refractivity contribution in [3.8, 4) is 11.3 Å². The highest BCUT2D eigenvalue weighted by atomic mass is 19.4. The molecule has 3 N–H and O–H groups in total. The number of carbonyl (C=O) groups is 1. The molecule has 1 aromatic carbocycles. The lowest BCUT2D eigenvalue weighted by Crippen LogP contribution is -2.45. The quantitative estimate of drug-likeness (QED) is 0.567. The third-order valence-corrected chi connectivity index (χ3v) is 5.63. The molecule has 2 heterocycles. The molecule has 3 aromatic rings. The first-order valence-electron chi connectivity index (χ1n) is 9.88. The number of aryl methyl sites for hydroxylation is 1. The number of hydrogen-bond donors (Lipinski definition) is 3. The lowest BCUT2D eigenvalue weighted by atomic mass is 9.94. The smallest absolute Gasteiger partial charge is 0.390 e. The van der Waals surface area contributed by atoms with Gasteiger partial charge in [0.15, 0.2) is 0 Å². The van der Waals surface area contributed by atoms with E-state index < -0.39 is 41.9 Å². The molecule has 1 aliphatic carbocycles. The minimum atomic E-state index is -4.58. The van der Waals surface area contributed by atoms with Crippen LogP contribution >= 0.6 is 0 Å². The molecular weight excluding hydrogens is 427 g/mol. The Bertz CT molecular complexity index is 1100. The predicted octanol–water partition coefficient (Wildman–Crippen LogP) is 3.07. The summed E-state index contributed by atoms with van der Waals surface area (Å²) in [6, 6.07) is 10.0. The van der Waals surface area contributed by atoms with Gasteiger partial charge in [-0.3, -0.25) is 9.78 Å². The lowest BCUT2D eigenvalue weighted by molar-refractivity contribution is -0.141. The first-order chi connectivity index (χ1) is 15.2. The number of aromatic nitrogens is 2. The highest BCUT2D eigenvalue weighted by Crippen LogP contribution is 2.37. The molecule has 2 aromatic heterocycles. The zero-order valence-electron chi connectivity index (χ0n) is 16.9. The summed E-state index contributed by atoms with van der Waals surface area (Å²) >= 11 is 0. The van der Waals surface area contributed by atoms with Gasteiger partial charge in [0.1, 0.15) is 28.8 Å². The van der Waals surface area contributed by atoms with Gasteiger partial charge in [0.25, 0.3) is 5.91 Å². The number of aliphatic hydroxyl groups is 2. The van der Waals surface area contributed by atoms with Crippen LogP contribution in [0, 0.1) is 6.92 Å². The van der Waals surface area contributed by atoms with Crippen molar-refractivity contribution in [2.45, 2.75) is 43.7 Å². The van der Waals surface area contributed by atoms with Gasteiger partial charge in [0.05, 0.1) is 12.1 Å². The third kappa shape index (κ3) is 4.11. The van der Waals surface area contributed by atoms with E-state index >= 15 is 0 Å². The summed E-state index contributed by atoms with van der Waals surface area (Å²) in [6.07, 6.45) is -5.96. The van der Waals surface area contributed by atoms with Crippen molar-refractivity contribution in [1.82, 2.24) is 15.5 Å². The minimum absolute atomic E-state index is 0.0489. The number of nitrogens with zero attached hydrogens (tertiary/aromatic N) is 2. The maximum Gasteiger partial charge on any atom is 0.433 e. The van der Waals surface area contributed by atoms with Crippen LogP contribution in [0.2, 0.25) is 0 Å². The molecular formula is C22H20F3N3O4. The van der Waals surface area contributed by atoms with Crippen LogP contribution in [0.5, 0.6) is 0 Å². The average molecular weight is 447 g/mol. The standard InChI is InChI=1S/C22H20F3N3O4/c1-11-17(18(28-32-11)12-5-3-2-4-6-12)21(31)27-19-14(9-15(29)20(19)30)13-7-8-16(26-10-13)22(23,24)25/h2-8,10,14-15,19-20,29-30H,9H2,1H3,(H,27,31). The molecule has 1 aliphatic rings. The Morgan fingerprint density at radius 1 is 1.16 bits per heavy atom. The monoisotopic (exact) mass is 447 g/mol. The maximum absolute atomic E-state index is 13.1. The van der Waals surface area contributed by atoms with Gasteiger partial charge in [-0.2, -0.15) is 13.2 Å². The third-order valence-electron chi connectivity index (χ3n) is 5.63. The highest BCUT2D eigenvalue weighted by molar-refractivity contribution is 6.01. The fourth-order valence-electron chi connectivity index (χ4n) is 4.00. The van der Waals surface area contributed by atoms with Gasteiger partial charge in [-0.25, -0.2) is 0 Å². The molecule has 0 aliphatic heterocycles. The van der Waals surface area contributed by atoms with Gasteiger partial charge in [0.2, 0.25) is 0 Å². The Labute approximate surface area is 180 Å². The number of hydrogen-bond acceptors (Lipinski definition) is 6. The first kappa shape index (κ1) is 22.0. The number of rotatable bonds is 4. The fraction of sp³-hybridized carbons (Fsp3) is 0.318. The van der Waals surface area contributed by atoms with Crippen LogP contribution in [0.25, 0.3) is 11.3 Å².